The molecule has 1 saturated carbocycles. The van der Waals surface area contributed by atoms with Gasteiger partial charge in [-0.05, 0) is 43.6 Å². The lowest BCUT2D eigenvalue weighted by Gasteiger charge is -2.49. The molecular formula is C14H28N2O. The minimum Gasteiger partial charge on any atom is -0.383 e. The van der Waals surface area contributed by atoms with E-state index in [4.69, 9.17) is 10.5 Å². The van der Waals surface area contributed by atoms with Crippen LogP contribution in [0.5, 0.6) is 0 Å². The molecule has 1 saturated heterocycles. The Labute approximate surface area is 106 Å². The van der Waals surface area contributed by atoms with E-state index in [1.807, 2.05) is 7.11 Å². The van der Waals surface area contributed by atoms with E-state index in [-0.39, 0.29) is 5.54 Å². The standard InChI is InChI=1S/C14H28N2O/c1-13(2)7-4-8-16(10-13)14(9-15,11-17-3)12-5-6-12/h12H,4-11,15H2,1-3H3. The van der Waals surface area contributed by atoms with E-state index in [0.717, 1.165) is 19.1 Å². The summed E-state index contributed by atoms with van der Waals surface area (Å²) in [6, 6.07) is 0. The van der Waals surface area contributed by atoms with Gasteiger partial charge in [0.25, 0.3) is 0 Å². The average molecular weight is 240 g/mol. The first-order valence-electron chi connectivity index (χ1n) is 6.98. The Balaban J connectivity index is 2.14. The summed E-state index contributed by atoms with van der Waals surface area (Å²) in [5, 5.41) is 0. The molecule has 1 aliphatic carbocycles. The summed E-state index contributed by atoms with van der Waals surface area (Å²) in [6.45, 7) is 8.65. The Bertz CT molecular complexity index is 263. The number of ether oxygens (including phenoxy) is 1. The molecule has 17 heavy (non-hydrogen) atoms. The summed E-state index contributed by atoms with van der Waals surface area (Å²) in [5.74, 6) is 0.765. The van der Waals surface area contributed by atoms with E-state index in [1.165, 1.54) is 38.8 Å². The highest BCUT2D eigenvalue weighted by Gasteiger charge is 2.50. The largest absolute Gasteiger partial charge is 0.383 e. The third kappa shape index (κ3) is 2.67. The van der Waals surface area contributed by atoms with Gasteiger partial charge in [0, 0.05) is 20.2 Å². The van der Waals surface area contributed by atoms with Crippen molar-refractivity contribution in [1.82, 2.24) is 4.90 Å². The van der Waals surface area contributed by atoms with Gasteiger partial charge in [-0.25, -0.2) is 0 Å². The topological polar surface area (TPSA) is 38.5 Å². The zero-order valence-electron chi connectivity index (χ0n) is 11.7. The van der Waals surface area contributed by atoms with Crippen LogP contribution in [0, 0.1) is 11.3 Å². The van der Waals surface area contributed by atoms with Crippen molar-refractivity contribution >= 4 is 0 Å². The maximum Gasteiger partial charge on any atom is 0.0661 e. The van der Waals surface area contributed by atoms with Gasteiger partial charge in [-0.2, -0.15) is 0 Å². The second-order valence-corrected chi connectivity index (χ2v) is 6.70. The minimum absolute atomic E-state index is 0.118. The number of hydrogen-bond acceptors (Lipinski definition) is 3. The van der Waals surface area contributed by atoms with Crippen molar-refractivity contribution in [2.24, 2.45) is 17.1 Å². The number of nitrogens with two attached hydrogens (primary N) is 1. The van der Waals surface area contributed by atoms with Crippen molar-refractivity contribution < 1.29 is 4.74 Å². The summed E-state index contributed by atoms with van der Waals surface area (Å²) in [4.78, 5) is 2.64. The zero-order valence-corrected chi connectivity index (χ0v) is 11.7. The Morgan fingerprint density at radius 3 is 2.59 bits per heavy atom. The fourth-order valence-corrected chi connectivity index (χ4v) is 3.50. The van der Waals surface area contributed by atoms with Crippen LogP contribution in [-0.2, 0) is 4.74 Å². The van der Waals surface area contributed by atoms with Crippen molar-refractivity contribution in [3.05, 3.63) is 0 Å². The van der Waals surface area contributed by atoms with Crippen LogP contribution in [0.3, 0.4) is 0 Å². The van der Waals surface area contributed by atoms with E-state index >= 15 is 0 Å². The van der Waals surface area contributed by atoms with Crippen LogP contribution < -0.4 is 5.73 Å². The molecule has 0 aromatic heterocycles. The van der Waals surface area contributed by atoms with E-state index in [2.05, 4.69) is 18.7 Å². The highest BCUT2D eigenvalue weighted by molar-refractivity contribution is 5.05. The molecule has 100 valence electrons. The monoisotopic (exact) mass is 240 g/mol. The summed E-state index contributed by atoms with van der Waals surface area (Å²) in [7, 11) is 1.81. The first kappa shape index (κ1) is 13.3. The molecule has 2 fully saturated rings. The molecule has 0 spiro atoms. The zero-order chi connectivity index (χ0) is 12.5. The molecule has 0 aromatic rings. The SMILES string of the molecule is COCC(CN)(C1CC1)N1CCCC(C)(C)C1. The molecular weight excluding hydrogens is 212 g/mol. The van der Waals surface area contributed by atoms with Crippen molar-refractivity contribution in [3.8, 4) is 0 Å². The molecule has 3 nitrogen and oxygen atoms in total. The van der Waals surface area contributed by atoms with E-state index in [1.54, 1.807) is 0 Å². The molecule has 2 aliphatic rings. The highest BCUT2D eigenvalue weighted by Crippen LogP contribution is 2.45. The molecule has 2 N–H and O–H groups in total. The van der Waals surface area contributed by atoms with Crippen LogP contribution in [0.25, 0.3) is 0 Å². The van der Waals surface area contributed by atoms with E-state index in [9.17, 15) is 0 Å². The number of likely N-dealkylation sites (tertiary alicyclic amines) is 1. The van der Waals surface area contributed by atoms with Gasteiger partial charge >= 0.3 is 0 Å². The number of nitrogens with zero attached hydrogens (tertiary/aromatic N) is 1. The molecule has 3 heteroatoms. The smallest absolute Gasteiger partial charge is 0.0661 e. The van der Waals surface area contributed by atoms with Gasteiger partial charge in [-0.3, -0.25) is 4.90 Å². The number of hydrogen-bond donors (Lipinski definition) is 1. The van der Waals surface area contributed by atoms with Crippen molar-refractivity contribution in [3.63, 3.8) is 0 Å². The number of methoxy groups -OCH3 is 1. The molecule has 1 unspecified atom stereocenters. The summed E-state index contributed by atoms with van der Waals surface area (Å²) < 4.78 is 5.50. The second kappa shape index (κ2) is 4.87. The number of piperidine rings is 1. The first-order chi connectivity index (χ1) is 8.04. The van der Waals surface area contributed by atoms with Crippen LogP contribution in [-0.4, -0.2) is 43.8 Å². The van der Waals surface area contributed by atoms with Gasteiger partial charge < -0.3 is 10.5 Å². The van der Waals surface area contributed by atoms with Crippen LogP contribution >= 0.6 is 0 Å². The van der Waals surface area contributed by atoms with Gasteiger partial charge in [0.05, 0.1) is 12.1 Å². The first-order valence-corrected chi connectivity index (χ1v) is 6.98. The van der Waals surface area contributed by atoms with Crippen LogP contribution in [0.1, 0.15) is 39.5 Å². The molecule has 0 amide bonds. The molecule has 0 bridgehead atoms. The Morgan fingerprint density at radius 2 is 2.12 bits per heavy atom. The Morgan fingerprint density at radius 1 is 1.41 bits per heavy atom. The number of rotatable bonds is 5. The van der Waals surface area contributed by atoms with E-state index in [0.29, 0.717) is 5.41 Å². The average Bonchev–Trinajstić information content (AvgIpc) is 3.08. The molecule has 1 atom stereocenters. The lowest BCUT2D eigenvalue weighted by molar-refractivity contribution is -0.0391. The van der Waals surface area contributed by atoms with Crippen molar-refractivity contribution in [2.45, 2.75) is 45.1 Å². The van der Waals surface area contributed by atoms with Crippen LogP contribution in [0.15, 0.2) is 0 Å². The van der Waals surface area contributed by atoms with Gasteiger partial charge in [0.2, 0.25) is 0 Å². The highest BCUT2D eigenvalue weighted by atomic mass is 16.5. The van der Waals surface area contributed by atoms with Crippen LogP contribution in [0.4, 0.5) is 0 Å². The third-order valence-corrected chi connectivity index (χ3v) is 4.62. The second-order valence-electron chi connectivity index (χ2n) is 6.70. The van der Waals surface area contributed by atoms with Gasteiger partial charge in [-0.15, -0.1) is 0 Å². The fraction of sp³-hybridized carbons (Fsp3) is 1.00. The molecule has 1 heterocycles. The maximum absolute atomic E-state index is 6.13. The van der Waals surface area contributed by atoms with Gasteiger partial charge in [-0.1, -0.05) is 13.8 Å². The predicted molar refractivity (Wildman–Crippen MR) is 71.0 cm³/mol. The molecule has 0 radical (unpaired) electrons. The molecule has 0 aromatic carbocycles. The van der Waals surface area contributed by atoms with E-state index < -0.39 is 0 Å². The van der Waals surface area contributed by atoms with Crippen LogP contribution in [0.2, 0.25) is 0 Å². The predicted octanol–water partition coefficient (Wildman–Crippen LogP) is 1.86. The lowest BCUT2D eigenvalue weighted by atomic mass is 9.80. The van der Waals surface area contributed by atoms with Gasteiger partial charge in [0.15, 0.2) is 0 Å². The summed E-state index contributed by atoms with van der Waals surface area (Å²) in [6.07, 6.45) is 5.29. The normalized spacial score (nSPS) is 28.9. The minimum atomic E-state index is 0.118. The van der Waals surface area contributed by atoms with Crippen molar-refractivity contribution in [1.29, 1.82) is 0 Å². The summed E-state index contributed by atoms with van der Waals surface area (Å²) in [5.41, 5.74) is 6.68. The lowest BCUT2D eigenvalue weighted by Crippen LogP contribution is -2.62. The third-order valence-electron chi connectivity index (χ3n) is 4.62. The van der Waals surface area contributed by atoms with Gasteiger partial charge in [0.1, 0.15) is 0 Å². The van der Waals surface area contributed by atoms with Crippen molar-refractivity contribution in [2.75, 3.05) is 33.4 Å². The Kier molecular flexibility index (Phi) is 3.81. The fourth-order valence-electron chi connectivity index (χ4n) is 3.50. The quantitative estimate of drug-likeness (QED) is 0.797. The molecule has 1 aliphatic heterocycles. The maximum atomic E-state index is 6.13. The Hall–Kier alpha value is -0.120. The molecule has 2 rings (SSSR count). The summed E-state index contributed by atoms with van der Waals surface area (Å²) >= 11 is 0.